The number of carbonyl (C=O) groups is 1. The second kappa shape index (κ2) is 6.49. The van der Waals surface area contributed by atoms with Crippen LogP contribution in [0.25, 0.3) is 0 Å². The van der Waals surface area contributed by atoms with Gasteiger partial charge in [0.1, 0.15) is 0 Å². The average molecular weight is 246 g/mol. The zero-order valence-electron chi connectivity index (χ0n) is 9.17. The molecule has 1 unspecified atom stereocenters. The number of hydrogen-bond acceptors (Lipinski definition) is 7. The van der Waals surface area contributed by atoms with Crippen molar-refractivity contribution in [1.82, 2.24) is 10.2 Å². The molecule has 1 atom stereocenters. The van der Waals surface area contributed by atoms with Gasteiger partial charge in [0.25, 0.3) is 5.22 Å². The highest BCUT2D eigenvalue weighted by atomic mass is 32.2. The van der Waals surface area contributed by atoms with Crippen LogP contribution in [0, 0.1) is 0 Å². The summed E-state index contributed by atoms with van der Waals surface area (Å²) in [5.74, 6) is -0.0962. The monoisotopic (exact) mass is 246 g/mol. The first-order chi connectivity index (χ1) is 7.63. The fourth-order valence-corrected chi connectivity index (χ4v) is 1.73. The molecule has 0 saturated carbocycles. The maximum Gasteiger partial charge on any atom is 0.396 e. The number of rotatable bonds is 6. The van der Waals surface area contributed by atoms with Crippen LogP contribution in [-0.2, 0) is 4.74 Å². The minimum absolute atomic E-state index is 0.138. The molecular formula is C9H14N2O4S. The molecule has 0 saturated heterocycles. The Hall–Kier alpha value is -1.08. The molecule has 90 valence electrons. The van der Waals surface area contributed by atoms with Crippen molar-refractivity contribution in [2.24, 2.45) is 0 Å². The van der Waals surface area contributed by atoms with Crippen LogP contribution in [0.15, 0.2) is 9.64 Å². The molecule has 16 heavy (non-hydrogen) atoms. The van der Waals surface area contributed by atoms with Crippen LogP contribution in [-0.4, -0.2) is 39.7 Å². The molecule has 0 aliphatic carbocycles. The van der Waals surface area contributed by atoms with Crippen molar-refractivity contribution in [2.45, 2.75) is 31.6 Å². The molecule has 1 aromatic rings. The summed E-state index contributed by atoms with van der Waals surface area (Å²) < 4.78 is 9.76. The van der Waals surface area contributed by atoms with E-state index < -0.39 is 5.97 Å². The Balaban J connectivity index is 2.42. The molecular weight excluding hydrogens is 232 g/mol. The van der Waals surface area contributed by atoms with E-state index in [9.17, 15) is 4.79 Å². The van der Waals surface area contributed by atoms with Gasteiger partial charge in [-0.3, -0.25) is 0 Å². The zero-order chi connectivity index (χ0) is 12.0. The van der Waals surface area contributed by atoms with E-state index in [1.165, 1.54) is 11.8 Å². The number of aromatic nitrogens is 2. The van der Waals surface area contributed by atoms with Crippen LogP contribution in [0.5, 0.6) is 0 Å². The van der Waals surface area contributed by atoms with E-state index in [4.69, 9.17) is 14.3 Å². The maximum absolute atomic E-state index is 11.2. The molecule has 0 spiro atoms. The Morgan fingerprint density at radius 2 is 2.38 bits per heavy atom. The third-order valence-electron chi connectivity index (χ3n) is 1.62. The fraction of sp³-hybridized carbons (Fsp3) is 0.667. The van der Waals surface area contributed by atoms with Gasteiger partial charge in [0.15, 0.2) is 0 Å². The van der Waals surface area contributed by atoms with Crippen molar-refractivity contribution >= 4 is 17.7 Å². The van der Waals surface area contributed by atoms with Gasteiger partial charge in [-0.25, -0.2) is 4.79 Å². The Morgan fingerprint density at radius 3 is 3.00 bits per heavy atom. The summed E-state index contributed by atoms with van der Waals surface area (Å²) in [6, 6.07) is 0. The van der Waals surface area contributed by atoms with E-state index in [2.05, 4.69) is 10.2 Å². The predicted molar refractivity (Wildman–Crippen MR) is 57.3 cm³/mol. The maximum atomic E-state index is 11.2. The third kappa shape index (κ3) is 4.19. The van der Waals surface area contributed by atoms with Gasteiger partial charge in [0, 0.05) is 5.75 Å². The SMILES string of the molecule is CCOC(=O)c1nnc(SCCC(C)O)o1. The number of esters is 1. The summed E-state index contributed by atoms with van der Waals surface area (Å²) >= 11 is 1.30. The smallest absolute Gasteiger partial charge is 0.396 e. The zero-order valence-corrected chi connectivity index (χ0v) is 9.99. The average Bonchev–Trinajstić information content (AvgIpc) is 2.66. The first-order valence-electron chi connectivity index (χ1n) is 4.95. The van der Waals surface area contributed by atoms with Gasteiger partial charge in [-0.05, 0) is 20.3 Å². The number of thioether (sulfide) groups is 1. The van der Waals surface area contributed by atoms with E-state index in [0.717, 1.165) is 0 Å². The van der Waals surface area contributed by atoms with Gasteiger partial charge in [0.05, 0.1) is 12.7 Å². The minimum atomic E-state index is -0.614. The number of hydrogen-bond donors (Lipinski definition) is 1. The summed E-state index contributed by atoms with van der Waals surface area (Å²) in [6.07, 6.45) is 0.266. The lowest BCUT2D eigenvalue weighted by Gasteiger charge is -1.99. The second-order valence-electron chi connectivity index (χ2n) is 3.08. The van der Waals surface area contributed by atoms with Crippen LogP contribution in [0.4, 0.5) is 0 Å². The molecule has 0 amide bonds. The largest absolute Gasteiger partial charge is 0.459 e. The summed E-state index contributed by atoms with van der Waals surface area (Å²) in [5.41, 5.74) is 0. The van der Waals surface area contributed by atoms with Gasteiger partial charge in [-0.15, -0.1) is 5.10 Å². The van der Waals surface area contributed by atoms with Crippen LogP contribution in [0.1, 0.15) is 31.0 Å². The minimum Gasteiger partial charge on any atom is -0.459 e. The standard InChI is InChI=1S/C9H14N2O4S/c1-3-14-8(13)7-10-11-9(15-7)16-5-4-6(2)12/h6,12H,3-5H2,1-2H3. The first kappa shape index (κ1) is 13.0. The van der Waals surface area contributed by atoms with E-state index >= 15 is 0 Å². The Labute approximate surface area is 97.4 Å². The molecule has 0 aliphatic rings. The Bertz CT molecular complexity index is 340. The molecule has 1 rings (SSSR count). The molecule has 1 N–H and O–H groups in total. The highest BCUT2D eigenvalue weighted by Gasteiger charge is 2.15. The summed E-state index contributed by atoms with van der Waals surface area (Å²) in [7, 11) is 0. The van der Waals surface area contributed by atoms with Crippen molar-refractivity contribution in [2.75, 3.05) is 12.4 Å². The second-order valence-corrected chi connectivity index (χ2v) is 4.13. The Morgan fingerprint density at radius 1 is 1.62 bits per heavy atom. The number of ether oxygens (including phenoxy) is 1. The predicted octanol–water partition coefficient (Wildman–Crippen LogP) is 1.11. The first-order valence-corrected chi connectivity index (χ1v) is 5.93. The highest BCUT2D eigenvalue weighted by Crippen LogP contribution is 2.17. The van der Waals surface area contributed by atoms with Gasteiger partial charge < -0.3 is 14.3 Å². The van der Waals surface area contributed by atoms with Gasteiger partial charge in [-0.2, -0.15) is 0 Å². The molecule has 0 aliphatic heterocycles. The summed E-state index contributed by atoms with van der Waals surface area (Å²) in [6.45, 7) is 3.68. The lowest BCUT2D eigenvalue weighted by atomic mass is 10.3. The fourth-order valence-electron chi connectivity index (χ4n) is 0.860. The van der Waals surface area contributed by atoms with Gasteiger partial charge >= 0.3 is 11.9 Å². The molecule has 0 radical (unpaired) electrons. The molecule has 1 aromatic heterocycles. The normalized spacial score (nSPS) is 12.4. The number of carbonyl (C=O) groups excluding carboxylic acids is 1. The van der Waals surface area contributed by atoms with Gasteiger partial charge in [-0.1, -0.05) is 16.9 Å². The van der Waals surface area contributed by atoms with E-state index in [1.54, 1.807) is 13.8 Å². The topological polar surface area (TPSA) is 85.5 Å². The van der Waals surface area contributed by atoms with Crippen molar-refractivity contribution in [3.05, 3.63) is 5.89 Å². The molecule has 0 fully saturated rings. The molecule has 0 bridgehead atoms. The van der Waals surface area contributed by atoms with E-state index in [0.29, 0.717) is 17.4 Å². The van der Waals surface area contributed by atoms with E-state index in [-0.39, 0.29) is 18.6 Å². The lowest BCUT2D eigenvalue weighted by Crippen LogP contribution is -2.04. The lowest BCUT2D eigenvalue weighted by molar-refractivity contribution is 0.0475. The molecule has 0 aromatic carbocycles. The van der Waals surface area contributed by atoms with E-state index in [1.807, 2.05) is 0 Å². The third-order valence-corrected chi connectivity index (χ3v) is 2.47. The quantitative estimate of drug-likeness (QED) is 0.594. The van der Waals surface area contributed by atoms with Crippen molar-refractivity contribution < 1.29 is 19.1 Å². The van der Waals surface area contributed by atoms with Crippen LogP contribution in [0.3, 0.4) is 0 Å². The molecule has 6 nitrogen and oxygen atoms in total. The molecule has 7 heteroatoms. The highest BCUT2D eigenvalue weighted by molar-refractivity contribution is 7.99. The van der Waals surface area contributed by atoms with Crippen molar-refractivity contribution in [1.29, 1.82) is 0 Å². The number of aliphatic hydroxyl groups excluding tert-OH is 1. The van der Waals surface area contributed by atoms with Crippen LogP contribution >= 0.6 is 11.8 Å². The molecule has 1 heterocycles. The van der Waals surface area contributed by atoms with Crippen LogP contribution in [0.2, 0.25) is 0 Å². The van der Waals surface area contributed by atoms with Gasteiger partial charge in [0.2, 0.25) is 0 Å². The summed E-state index contributed by atoms with van der Waals surface area (Å²) in [4.78, 5) is 11.2. The van der Waals surface area contributed by atoms with Crippen molar-refractivity contribution in [3.8, 4) is 0 Å². The number of nitrogens with zero attached hydrogens (tertiary/aromatic N) is 2. The summed E-state index contributed by atoms with van der Waals surface area (Å²) in [5, 5.41) is 16.6. The van der Waals surface area contributed by atoms with Crippen LogP contribution < -0.4 is 0 Å². The Kier molecular flexibility index (Phi) is 5.27. The van der Waals surface area contributed by atoms with Crippen molar-refractivity contribution in [3.63, 3.8) is 0 Å². The number of aliphatic hydroxyl groups is 1.